The topological polar surface area (TPSA) is 189 Å². The van der Waals surface area contributed by atoms with Crippen LogP contribution in [0, 0.1) is 0 Å². The van der Waals surface area contributed by atoms with Gasteiger partial charge in [0.15, 0.2) is 0 Å². The molecule has 0 fully saturated rings. The molecule has 0 aromatic rings. The van der Waals surface area contributed by atoms with Crippen molar-refractivity contribution >= 4 is 23.9 Å². The van der Waals surface area contributed by atoms with E-state index in [1.54, 1.807) is 7.05 Å². The summed E-state index contributed by atoms with van der Waals surface area (Å²) in [6.07, 6.45) is 0.124. The number of hydrogen-bond donors (Lipinski definition) is 6. The molecule has 13 heteroatoms. The number of esters is 2. The Balaban J connectivity index is -0.000000471. The molecule has 4 unspecified atom stereocenters. The van der Waals surface area contributed by atoms with E-state index in [9.17, 15) is 19.2 Å². The maximum atomic E-state index is 11.2. The number of hydrogen-bond acceptors (Lipinski definition) is 11. The Morgan fingerprint density at radius 3 is 1.75 bits per heavy atom. The zero-order chi connectivity index (χ0) is 23.0. The van der Waals surface area contributed by atoms with Gasteiger partial charge in [0.25, 0.3) is 1.43 Å². The molecule has 0 amide bonds. The molecule has 0 aliphatic rings. The number of carboxylic acids is 2. The van der Waals surface area contributed by atoms with Crippen molar-refractivity contribution in [1.29, 1.82) is 1.43 Å². The second-order valence-corrected chi connectivity index (χ2v) is 5.25. The smallest absolute Gasteiger partial charge is 0.322 e. The number of likely N-dealkylation sites (N-methyl/N-ethyl adjacent to an activating group) is 3. The first-order chi connectivity index (χ1) is 13.7. The molecular formula is C15H30N4O8V. The van der Waals surface area contributed by atoms with Gasteiger partial charge in [-0.05, 0) is 34.0 Å². The third-order valence-electron chi connectivity index (χ3n) is 3.54. The van der Waals surface area contributed by atoms with E-state index in [0.717, 1.165) is 0 Å². The molecule has 1 radical (unpaired) electrons. The molecule has 0 saturated heterocycles. The average Bonchev–Trinajstić information content (AvgIpc) is 2.74. The molecule has 4 atom stereocenters. The van der Waals surface area contributed by atoms with Crippen LogP contribution in [0.15, 0.2) is 0 Å². The zero-order valence-electron chi connectivity index (χ0n) is 18.5. The van der Waals surface area contributed by atoms with Gasteiger partial charge in [0.05, 0.1) is 14.2 Å². The Labute approximate surface area is 178 Å². The van der Waals surface area contributed by atoms with Crippen molar-refractivity contribution < 1.29 is 58.8 Å². The van der Waals surface area contributed by atoms with E-state index in [1.807, 2.05) is 5.73 Å². The van der Waals surface area contributed by atoms with Crippen LogP contribution in [-0.4, -0.2) is 93.6 Å². The molecule has 0 rings (SSSR count). The van der Waals surface area contributed by atoms with Crippen LogP contribution in [0.2, 0.25) is 1.41 Å². The van der Waals surface area contributed by atoms with Gasteiger partial charge in [-0.2, -0.15) is 0 Å². The summed E-state index contributed by atoms with van der Waals surface area (Å²) < 4.78 is 22.3. The molecule has 0 heterocycles. The minimum atomic E-state index is -1.05. The number of nitrogens with one attached hydrogen (secondary N) is 3. The van der Waals surface area contributed by atoms with E-state index in [1.165, 1.54) is 28.3 Å². The van der Waals surface area contributed by atoms with Crippen LogP contribution in [0.4, 0.5) is 0 Å². The first-order valence-corrected chi connectivity index (χ1v) is 7.91. The summed E-state index contributed by atoms with van der Waals surface area (Å²) in [5, 5.41) is 20.2. The number of nitrogens with two attached hydrogens (primary N) is 1. The van der Waals surface area contributed by atoms with Crippen LogP contribution < -0.4 is 21.7 Å². The van der Waals surface area contributed by atoms with E-state index >= 15 is 0 Å². The van der Waals surface area contributed by atoms with Crippen LogP contribution in [-0.2, 0) is 47.2 Å². The van der Waals surface area contributed by atoms with Gasteiger partial charge in [0.2, 0.25) is 0 Å². The molecule has 0 spiro atoms. The van der Waals surface area contributed by atoms with Gasteiger partial charge in [0.1, 0.15) is 25.6 Å². The van der Waals surface area contributed by atoms with E-state index in [0.29, 0.717) is 0 Å². The van der Waals surface area contributed by atoms with Crippen molar-refractivity contribution in [1.82, 2.24) is 16.0 Å². The number of methoxy groups -OCH3 is 2. The van der Waals surface area contributed by atoms with Crippen molar-refractivity contribution in [2.24, 2.45) is 5.73 Å². The first-order valence-electron chi connectivity index (χ1n) is 8.82. The second-order valence-electron chi connectivity index (χ2n) is 5.25. The van der Waals surface area contributed by atoms with Crippen LogP contribution in [0.5, 0.6) is 0 Å². The molecule has 28 heavy (non-hydrogen) atoms. The van der Waals surface area contributed by atoms with Crippen molar-refractivity contribution in [3.8, 4) is 0 Å². The fraction of sp³-hybridized carbons (Fsp3) is 0.733. The molecule has 0 bridgehead atoms. The Bertz CT molecular complexity index is 511. The molecule has 163 valence electrons. The van der Waals surface area contributed by atoms with Gasteiger partial charge < -0.3 is 41.4 Å². The summed E-state index contributed by atoms with van der Waals surface area (Å²) in [6.45, 7) is 0. The molecule has 0 aromatic heterocycles. The minimum absolute atomic E-state index is 0. The average molecular weight is 448 g/mol. The Morgan fingerprint density at radius 1 is 0.964 bits per heavy atom. The molecule has 7 N–H and O–H groups in total. The maximum absolute atomic E-state index is 11.2. The van der Waals surface area contributed by atoms with Crippen LogP contribution in [0.1, 0.15) is 12.8 Å². The van der Waals surface area contributed by atoms with Gasteiger partial charge in [-0.15, -0.1) is 0 Å². The molecule has 0 aromatic carbocycles. The predicted octanol–water partition coefficient (Wildman–Crippen LogP) is -2.64. The third-order valence-corrected chi connectivity index (χ3v) is 3.54. The third kappa shape index (κ3) is 12.6. The Morgan fingerprint density at radius 2 is 1.43 bits per heavy atom. The van der Waals surface area contributed by atoms with E-state index in [4.69, 9.17) is 7.95 Å². The summed E-state index contributed by atoms with van der Waals surface area (Å²) in [5.41, 5.74) is 2.02. The predicted molar refractivity (Wildman–Crippen MR) is 95.1 cm³/mol. The van der Waals surface area contributed by atoms with Gasteiger partial charge in [0, 0.05) is 18.6 Å². The quantitative estimate of drug-likeness (QED) is 0.170. The number of carbonyl (C=O) groups is 4. The summed E-state index contributed by atoms with van der Waals surface area (Å²) >= 11 is 0. The number of carbonyl (C=O) groups excluding carboxylic acids is 2. The van der Waals surface area contributed by atoms with Crippen molar-refractivity contribution in [2.75, 3.05) is 35.4 Å². The molecule has 12 nitrogen and oxygen atoms in total. The zero-order valence-corrected chi connectivity index (χ0v) is 17.9. The van der Waals surface area contributed by atoms with E-state index in [2.05, 4.69) is 30.5 Å². The molecule has 0 aliphatic heterocycles. The maximum Gasteiger partial charge on any atom is 0.322 e. The van der Waals surface area contributed by atoms with Crippen LogP contribution in [0.3, 0.4) is 0 Å². The standard InChI is InChI=1S/C8H16N2O4.C7H14N2O4.V/c1-10-6(8(12)14-3)4-5(9)7(11)13-2;1-8-4(6(10)11)3-5(9-2)7(12)13;/h5-6,10H,4,9H2,1-3H3;4-5,8-9H,3H2,1-2H3,(H,10,11)(H,12,13);/i/hTD. The summed E-state index contributed by atoms with van der Waals surface area (Å²) in [7, 11) is 7.03. The molecular weight excluding hydrogens is 415 g/mol. The van der Waals surface area contributed by atoms with Crippen molar-refractivity contribution in [3.05, 3.63) is 0 Å². The van der Waals surface area contributed by atoms with Gasteiger partial charge in [-0.1, -0.05) is 0 Å². The Hall–Kier alpha value is -1.70. The fourth-order valence-corrected chi connectivity index (χ4v) is 1.86. The molecule has 0 aliphatic carbocycles. The van der Waals surface area contributed by atoms with Crippen LogP contribution in [0.25, 0.3) is 1.43 Å². The number of aliphatic carboxylic acids is 2. The normalized spacial score (nSPS) is 14.9. The fourth-order valence-electron chi connectivity index (χ4n) is 1.86. The monoisotopic (exact) mass is 448 g/mol. The van der Waals surface area contributed by atoms with E-state index in [-0.39, 0.29) is 31.4 Å². The molecule has 0 saturated carbocycles. The number of carboxylic acid groups (broad SMARTS) is 2. The minimum Gasteiger partial charge on any atom is -0.480 e. The number of rotatable bonds is 12. The Kier molecular flexibility index (Phi) is 16.4. The SMILES string of the molecule is [2H]NC(CC(NC)C(=O)OC)C(=O)OC.[3H]OC(=O)C(CC(NC)C(=O)O)NC.[V]. The summed E-state index contributed by atoms with van der Waals surface area (Å²) in [5.74, 6) is -2.92. The number of ether oxygens (including phenoxy) is 2. The summed E-state index contributed by atoms with van der Waals surface area (Å²) in [4.78, 5) is 43.8. The van der Waals surface area contributed by atoms with Crippen molar-refractivity contribution in [2.45, 2.75) is 37.0 Å². The van der Waals surface area contributed by atoms with Gasteiger partial charge in [-0.3, -0.25) is 19.2 Å². The first kappa shape index (κ1) is 26.3. The van der Waals surface area contributed by atoms with Crippen molar-refractivity contribution in [3.63, 3.8) is 0 Å². The largest absolute Gasteiger partial charge is 0.480 e. The van der Waals surface area contributed by atoms with Crippen LogP contribution >= 0.6 is 0 Å². The van der Waals surface area contributed by atoms with Gasteiger partial charge >= 0.3 is 23.9 Å². The summed E-state index contributed by atoms with van der Waals surface area (Å²) in [6, 6.07) is -3.13. The van der Waals surface area contributed by atoms with Gasteiger partial charge in [-0.25, -0.2) is 0 Å². The van der Waals surface area contributed by atoms with E-state index < -0.39 is 48.0 Å². The second kappa shape index (κ2) is 17.4.